The van der Waals surface area contributed by atoms with Crippen molar-refractivity contribution in [2.24, 2.45) is 0 Å². The van der Waals surface area contributed by atoms with Crippen molar-refractivity contribution in [3.8, 4) is 0 Å². The van der Waals surface area contributed by atoms with Crippen molar-refractivity contribution in [2.75, 3.05) is 32.7 Å². The highest BCUT2D eigenvalue weighted by atomic mass is 35.5. The number of thiophene rings is 1. The van der Waals surface area contributed by atoms with Gasteiger partial charge >= 0.3 is 0 Å². The quantitative estimate of drug-likeness (QED) is 0.797. The van der Waals surface area contributed by atoms with Crippen LogP contribution in [0.5, 0.6) is 0 Å². The molecule has 102 valence electrons. The lowest BCUT2D eigenvalue weighted by Gasteiger charge is -2.32. The lowest BCUT2D eigenvalue weighted by molar-refractivity contribution is 0.196. The summed E-state index contributed by atoms with van der Waals surface area (Å²) in [4.78, 5) is 2.25. The zero-order valence-electron chi connectivity index (χ0n) is 10.3. The number of hydrogen-bond donors (Lipinski definition) is 0. The highest BCUT2D eigenvalue weighted by Gasteiger charge is 2.29. The topological polar surface area (TPSA) is 40.6 Å². The highest BCUT2D eigenvalue weighted by molar-refractivity contribution is 7.91. The monoisotopic (exact) mass is 308 g/mol. The molecule has 0 N–H and O–H groups in total. The van der Waals surface area contributed by atoms with E-state index in [4.69, 9.17) is 11.6 Å². The van der Waals surface area contributed by atoms with Crippen molar-refractivity contribution in [2.45, 2.75) is 17.0 Å². The molecule has 2 heterocycles. The Balaban J connectivity index is 2.12. The fourth-order valence-electron chi connectivity index (χ4n) is 1.97. The van der Waals surface area contributed by atoms with Crippen molar-refractivity contribution in [1.82, 2.24) is 9.21 Å². The van der Waals surface area contributed by atoms with E-state index in [2.05, 4.69) is 11.8 Å². The molecule has 0 unspecified atom stereocenters. The van der Waals surface area contributed by atoms with Crippen LogP contribution in [0.3, 0.4) is 0 Å². The second kappa shape index (κ2) is 5.88. The molecule has 1 aromatic heterocycles. The summed E-state index contributed by atoms with van der Waals surface area (Å²) in [6, 6.07) is 1.68. The first-order chi connectivity index (χ1) is 8.57. The molecule has 0 saturated carbocycles. The van der Waals surface area contributed by atoms with Crippen LogP contribution < -0.4 is 0 Å². The molecule has 0 radical (unpaired) electrons. The van der Waals surface area contributed by atoms with E-state index in [9.17, 15) is 8.42 Å². The Morgan fingerprint density at radius 3 is 2.50 bits per heavy atom. The zero-order chi connectivity index (χ0) is 13.2. The van der Waals surface area contributed by atoms with E-state index in [1.807, 2.05) is 5.38 Å². The molecule has 0 spiro atoms. The Morgan fingerprint density at radius 2 is 2.00 bits per heavy atom. The van der Waals surface area contributed by atoms with Gasteiger partial charge in [-0.2, -0.15) is 4.31 Å². The Labute approximate surface area is 117 Å². The van der Waals surface area contributed by atoms with Gasteiger partial charge in [0.05, 0.1) is 0 Å². The maximum absolute atomic E-state index is 12.4. The van der Waals surface area contributed by atoms with Crippen LogP contribution in [0.1, 0.15) is 12.5 Å². The van der Waals surface area contributed by atoms with Gasteiger partial charge in [-0.1, -0.05) is 6.92 Å². The molecule has 7 heteroatoms. The van der Waals surface area contributed by atoms with E-state index < -0.39 is 10.0 Å². The highest BCUT2D eigenvalue weighted by Crippen LogP contribution is 2.25. The maximum Gasteiger partial charge on any atom is 0.252 e. The van der Waals surface area contributed by atoms with E-state index >= 15 is 0 Å². The van der Waals surface area contributed by atoms with Crippen LogP contribution in [-0.2, 0) is 15.9 Å². The van der Waals surface area contributed by atoms with Crippen molar-refractivity contribution in [3.05, 3.63) is 17.0 Å². The predicted molar refractivity (Wildman–Crippen MR) is 74.7 cm³/mol. The van der Waals surface area contributed by atoms with Crippen LogP contribution in [-0.4, -0.2) is 50.3 Å². The lowest BCUT2D eigenvalue weighted by Crippen LogP contribution is -2.48. The van der Waals surface area contributed by atoms with Crippen molar-refractivity contribution in [1.29, 1.82) is 0 Å². The van der Waals surface area contributed by atoms with E-state index in [0.717, 1.165) is 25.2 Å². The Hall–Kier alpha value is -0.140. The summed E-state index contributed by atoms with van der Waals surface area (Å²) in [6.45, 7) is 5.83. The van der Waals surface area contributed by atoms with Gasteiger partial charge in [0, 0.05) is 32.1 Å². The minimum atomic E-state index is -3.32. The summed E-state index contributed by atoms with van der Waals surface area (Å²) < 4.78 is 26.8. The summed E-state index contributed by atoms with van der Waals surface area (Å²) >= 11 is 6.96. The SMILES string of the molecule is CCN1CCN(S(=O)(=O)c2cc(CCl)cs2)CC1. The fourth-order valence-corrected chi connectivity index (χ4v) is 5.00. The van der Waals surface area contributed by atoms with Crippen molar-refractivity contribution in [3.63, 3.8) is 0 Å². The number of alkyl halides is 1. The average molecular weight is 309 g/mol. The molecule has 0 bridgehead atoms. The van der Waals surface area contributed by atoms with Crippen LogP contribution in [0, 0.1) is 0 Å². The second-order valence-electron chi connectivity index (χ2n) is 4.25. The molecule has 2 rings (SSSR count). The third kappa shape index (κ3) is 2.88. The first-order valence-electron chi connectivity index (χ1n) is 5.93. The minimum absolute atomic E-state index is 0.357. The van der Waals surface area contributed by atoms with Gasteiger partial charge in [0.1, 0.15) is 4.21 Å². The van der Waals surface area contributed by atoms with E-state index in [1.54, 1.807) is 10.4 Å². The summed E-state index contributed by atoms with van der Waals surface area (Å²) in [5.74, 6) is 0.357. The molecule has 0 atom stereocenters. The molecule has 1 aliphatic heterocycles. The largest absolute Gasteiger partial charge is 0.301 e. The molecule has 18 heavy (non-hydrogen) atoms. The standard InChI is InChI=1S/C11H17ClN2O2S2/c1-2-13-3-5-14(6-4-13)18(15,16)11-7-10(8-12)9-17-11/h7,9H,2-6,8H2,1H3. The predicted octanol–water partition coefficient (Wildman–Crippen LogP) is 1.81. The van der Waals surface area contributed by atoms with Gasteiger partial charge in [-0.25, -0.2) is 8.42 Å². The minimum Gasteiger partial charge on any atom is -0.301 e. The molecular weight excluding hydrogens is 292 g/mol. The van der Waals surface area contributed by atoms with Gasteiger partial charge in [0.2, 0.25) is 0 Å². The van der Waals surface area contributed by atoms with Crippen LogP contribution in [0.4, 0.5) is 0 Å². The molecule has 1 fully saturated rings. The molecule has 1 aliphatic rings. The third-order valence-electron chi connectivity index (χ3n) is 3.16. The maximum atomic E-state index is 12.4. The van der Waals surface area contributed by atoms with Gasteiger partial charge in [0.25, 0.3) is 10.0 Å². The third-order valence-corrected chi connectivity index (χ3v) is 6.83. The molecule has 1 aromatic rings. The zero-order valence-corrected chi connectivity index (χ0v) is 12.7. The number of nitrogens with zero attached hydrogens (tertiary/aromatic N) is 2. The Bertz CT molecular complexity index is 493. The first-order valence-corrected chi connectivity index (χ1v) is 8.79. The van der Waals surface area contributed by atoms with Gasteiger partial charge < -0.3 is 4.90 Å². The van der Waals surface area contributed by atoms with Gasteiger partial charge in [0.15, 0.2) is 0 Å². The first kappa shape index (κ1) is 14.3. The molecule has 0 amide bonds. The van der Waals surface area contributed by atoms with Crippen LogP contribution in [0.2, 0.25) is 0 Å². The smallest absolute Gasteiger partial charge is 0.252 e. The van der Waals surface area contributed by atoms with Crippen molar-refractivity contribution < 1.29 is 8.42 Å². The average Bonchev–Trinajstić information content (AvgIpc) is 2.88. The Morgan fingerprint density at radius 1 is 1.33 bits per heavy atom. The van der Waals surface area contributed by atoms with Crippen LogP contribution in [0.15, 0.2) is 15.7 Å². The molecule has 4 nitrogen and oxygen atoms in total. The number of hydrogen-bond acceptors (Lipinski definition) is 4. The molecular formula is C11H17ClN2O2S2. The van der Waals surface area contributed by atoms with Gasteiger partial charge in [-0.05, 0) is 23.6 Å². The fraction of sp³-hybridized carbons (Fsp3) is 0.636. The summed E-state index contributed by atoms with van der Waals surface area (Å²) in [6.07, 6.45) is 0. The number of piperazine rings is 1. The summed E-state index contributed by atoms with van der Waals surface area (Å²) in [5, 5.41) is 1.81. The van der Waals surface area contributed by atoms with Gasteiger partial charge in [-0.15, -0.1) is 22.9 Å². The number of rotatable bonds is 4. The summed E-state index contributed by atoms with van der Waals surface area (Å²) in [7, 11) is -3.32. The Kier molecular flexibility index (Phi) is 4.66. The second-order valence-corrected chi connectivity index (χ2v) is 7.59. The number of halogens is 1. The number of sulfonamides is 1. The van der Waals surface area contributed by atoms with E-state index in [-0.39, 0.29) is 0 Å². The number of likely N-dealkylation sites (N-methyl/N-ethyl adjacent to an activating group) is 1. The van der Waals surface area contributed by atoms with Crippen LogP contribution in [0.25, 0.3) is 0 Å². The normalized spacial score (nSPS) is 19.2. The van der Waals surface area contributed by atoms with Crippen molar-refractivity contribution >= 4 is 33.0 Å². The lowest BCUT2D eigenvalue weighted by atomic mass is 10.4. The molecule has 1 saturated heterocycles. The van der Waals surface area contributed by atoms with E-state index in [0.29, 0.717) is 23.2 Å². The van der Waals surface area contributed by atoms with Gasteiger partial charge in [-0.3, -0.25) is 0 Å². The summed E-state index contributed by atoms with van der Waals surface area (Å²) in [5.41, 5.74) is 0.868. The molecule has 0 aromatic carbocycles. The van der Waals surface area contributed by atoms with Crippen LogP contribution >= 0.6 is 22.9 Å². The molecule has 0 aliphatic carbocycles. The van der Waals surface area contributed by atoms with E-state index in [1.165, 1.54) is 11.3 Å².